The lowest BCUT2D eigenvalue weighted by atomic mass is 10.1. The van der Waals surface area contributed by atoms with Crippen molar-refractivity contribution in [2.45, 2.75) is 13.0 Å². The smallest absolute Gasteiger partial charge is 0.180 e. The summed E-state index contributed by atoms with van der Waals surface area (Å²) in [5, 5.41) is 0.603. The summed E-state index contributed by atoms with van der Waals surface area (Å²) in [5.74, 6) is 0.866. The third-order valence-corrected chi connectivity index (χ3v) is 3.65. The summed E-state index contributed by atoms with van der Waals surface area (Å²) in [7, 11) is 3.50. The van der Waals surface area contributed by atoms with E-state index >= 15 is 0 Å². The molecule has 2 rings (SSSR count). The highest BCUT2D eigenvalue weighted by Crippen LogP contribution is 2.25. The van der Waals surface area contributed by atoms with Gasteiger partial charge in [0.1, 0.15) is 5.75 Å². The molecular formula is C13H18N4OS. The predicted octanol–water partition coefficient (Wildman–Crippen LogP) is 1.55. The zero-order valence-corrected chi connectivity index (χ0v) is 11.9. The lowest BCUT2D eigenvalue weighted by Crippen LogP contribution is -2.27. The highest BCUT2D eigenvalue weighted by Gasteiger charge is 2.10. The number of methoxy groups -OCH3 is 1. The number of anilines is 1. The van der Waals surface area contributed by atoms with E-state index in [4.69, 9.17) is 10.5 Å². The summed E-state index contributed by atoms with van der Waals surface area (Å²) in [6, 6.07) is 8.04. The van der Waals surface area contributed by atoms with Crippen LogP contribution in [0.15, 0.2) is 24.3 Å². The largest absolute Gasteiger partial charge is 0.497 e. The van der Waals surface area contributed by atoms with Gasteiger partial charge >= 0.3 is 0 Å². The summed E-state index contributed by atoms with van der Waals surface area (Å²) in [4.78, 5) is 5.52. The molecular weight excluding hydrogens is 260 g/mol. The molecule has 0 aliphatic rings. The Morgan fingerprint density at radius 2 is 2.26 bits per heavy atom. The van der Waals surface area contributed by atoms with Crippen LogP contribution in [0.5, 0.6) is 5.75 Å². The second-order valence-electron chi connectivity index (χ2n) is 4.05. The second kappa shape index (κ2) is 6.51. The number of thiazole rings is 1. The molecule has 0 unspecified atom stereocenters. The fourth-order valence-electron chi connectivity index (χ4n) is 1.82. The molecule has 2 aromatic rings. The van der Waals surface area contributed by atoms with E-state index in [1.54, 1.807) is 7.11 Å². The van der Waals surface area contributed by atoms with Gasteiger partial charge in [-0.15, -0.1) is 11.3 Å². The van der Waals surface area contributed by atoms with Gasteiger partial charge in [-0.25, -0.2) is 4.98 Å². The van der Waals surface area contributed by atoms with E-state index in [0.717, 1.165) is 17.9 Å². The van der Waals surface area contributed by atoms with Crippen molar-refractivity contribution in [1.29, 1.82) is 0 Å². The molecule has 0 saturated heterocycles. The Morgan fingerprint density at radius 3 is 3.00 bits per heavy atom. The summed E-state index contributed by atoms with van der Waals surface area (Å²) in [5.41, 5.74) is 13.9. The van der Waals surface area contributed by atoms with Crippen molar-refractivity contribution < 1.29 is 4.74 Å². The number of hydrogen-bond donors (Lipinski definition) is 3. The Bertz CT molecular complexity index is 541. The Kier molecular flexibility index (Phi) is 4.73. The van der Waals surface area contributed by atoms with E-state index in [1.165, 1.54) is 21.8 Å². The van der Waals surface area contributed by atoms with E-state index in [-0.39, 0.29) is 0 Å². The SMILES string of the molecule is CNNCc1nc(N)sc1Cc1cccc(OC)c1. The molecule has 0 fully saturated rings. The van der Waals surface area contributed by atoms with Crippen LogP contribution in [0, 0.1) is 0 Å². The number of benzene rings is 1. The maximum absolute atomic E-state index is 5.80. The predicted molar refractivity (Wildman–Crippen MR) is 78.2 cm³/mol. The van der Waals surface area contributed by atoms with Crippen molar-refractivity contribution >= 4 is 16.5 Å². The van der Waals surface area contributed by atoms with Crippen LogP contribution in [0.1, 0.15) is 16.1 Å². The summed E-state index contributed by atoms with van der Waals surface area (Å²) in [6.45, 7) is 0.656. The van der Waals surface area contributed by atoms with Gasteiger partial charge < -0.3 is 10.5 Å². The van der Waals surface area contributed by atoms with Crippen molar-refractivity contribution in [3.63, 3.8) is 0 Å². The normalized spacial score (nSPS) is 10.6. The number of aromatic nitrogens is 1. The topological polar surface area (TPSA) is 72.2 Å². The van der Waals surface area contributed by atoms with Crippen LogP contribution in [0.2, 0.25) is 0 Å². The molecule has 1 heterocycles. The van der Waals surface area contributed by atoms with Gasteiger partial charge in [-0.3, -0.25) is 10.9 Å². The molecule has 0 atom stereocenters. The summed E-state index contributed by atoms with van der Waals surface area (Å²) >= 11 is 1.53. The lowest BCUT2D eigenvalue weighted by Gasteiger charge is -2.05. The summed E-state index contributed by atoms with van der Waals surface area (Å²) in [6.07, 6.45) is 0.812. The molecule has 0 spiro atoms. The van der Waals surface area contributed by atoms with Crippen LogP contribution in [-0.4, -0.2) is 19.1 Å². The van der Waals surface area contributed by atoms with E-state index < -0.39 is 0 Å². The minimum Gasteiger partial charge on any atom is -0.497 e. The molecule has 0 aliphatic heterocycles. The molecule has 1 aromatic heterocycles. The van der Waals surface area contributed by atoms with Crippen LogP contribution in [0.4, 0.5) is 5.13 Å². The molecule has 0 amide bonds. The molecule has 102 valence electrons. The van der Waals surface area contributed by atoms with Crippen LogP contribution in [0.25, 0.3) is 0 Å². The molecule has 0 saturated carbocycles. The van der Waals surface area contributed by atoms with Crippen LogP contribution in [-0.2, 0) is 13.0 Å². The zero-order chi connectivity index (χ0) is 13.7. The monoisotopic (exact) mass is 278 g/mol. The number of rotatable bonds is 6. The van der Waals surface area contributed by atoms with Gasteiger partial charge in [0.25, 0.3) is 0 Å². The number of ether oxygens (including phenoxy) is 1. The number of nitrogens with zero attached hydrogens (tertiary/aromatic N) is 1. The van der Waals surface area contributed by atoms with Crippen LogP contribution in [0.3, 0.4) is 0 Å². The maximum atomic E-state index is 5.80. The van der Waals surface area contributed by atoms with Crippen molar-refractivity contribution in [3.8, 4) is 5.75 Å². The number of hydrazine groups is 1. The molecule has 0 radical (unpaired) electrons. The van der Waals surface area contributed by atoms with Crippen molar-refractivity contribution in [2.75, 3.05) is 19.9 Å². The van der Waals surface area contributed by atoms with E-state index in [0.29, 0.717) is 11.7 Å². The van der Waals surface area contributed by atoms with Gasteiger partial charge in [-0.05, 0) is 24.7 Å². The second-order valence-corrected chi connectivity index (χ2v) is 5.17. The van der Waals surface area contributed by atoms with E-state index in [9.17, 15) is 0 Å². The first kappa shape index (κ1) is 13.8. The van der Waals surface area contributed by atoms with Gasteiger partial charge in [-0.1, -0.05) is 12.1 Å². The van der Waals surface area contributed by atoms with E-state index in [2.05, 4.69) is 21.9 Å². The quantitative estimate of drug-likeness (QED) is 0.699. The number of nitrogen functional groups attached to an aromatic ring is 1. The Balaban J connectivity index is 2.17. The molecule has 1 aromatic carbocycles. The average Bonchev–Trinajstić information content (AvgIpc) is 2.76. The zero-order valence-electron chi connectivity index (χ0n) is 11.1. The van der Waals surface area contributed by atoms with Gasteiger partial charge in [0, 0.05) is 11.3 Å². The summed E-state index contributed by atoms with van der Waals surface area (Å²) < 4.78 is 5.23. The molecule has 5 nitrogen and oxygen atoms in total. The fourth-order valence-corrected chi connectivity index (χ4v) is 2.70. The molecule has 19 heavy (non-hydrogen) atoms. The van der Waals surface area contributed by atoms with Crippen molar-refractivity contribution in [2.24, 2.45) is 0 Å². The lowest BCUT2D eigenvalue weighted by molar-refractivity contribution is 0.414. The molecule has 0 bridgehead atoms. The third kappa shape index (κ3) is 3.66. The highest BCUT2D eigenvalue weighted by atomic mass is 32.1. The number of nitrogens with one attached hydrogen (secondary N) is 2. The van der Waals surface area contributed by atoms with Crippen LogP contribution >= 0.6 is 11.3 Å². The van der Waals surface area contributed by atoms with Gasteiger partial charge in [-0.2, -0.15) is 0 Å². The van der Waals surface area contributed by atoms with Gasteiger partial charge in [0.2, 0.25) is 0 Å². The molecule has 6 heteroatoms. The Hall–Kier alpha value is -1.63. The Morgan fingerprint density at radius 1 is 1.42 bits per heavy atom. The minimum absolute atomic E-state index is 0.603. The first-order chi connectivity index (χ1) is 9.22. The maximum Gasteiger partial charge on any atom is 0.180 e. The van der Waals surface area contributed by atoms with Crippen LogP contribution < -0.4 is 21.3 Å². The highest BCUT2D eigenvalue weighted by molar-refractivity contribution is 7.15. The van der Waals surface area contributed by atoms with Gasteiger partial charge in [0.15, 0.2) is 5.13 Å². The van der Waals surface area contributed by atoms with Gasteiger partial charge in [0.05, 0.1) is 19.3 Å². The Labute approximate surface area is 116 Å². The van der Waals surface area contributed by atoms with Crippen molar-refractivity contribution in [1.82, 2.24) is 15.8 Å². The third-order valence-electron chi connectivity index (χ3n) is 2.73. The average molecular weight is 278 g/mol. The molecule has 4 N–H and O–H groups in total. The van der Waals surface area contributed by atoms with Crippen molar-refractivity contribution in [3.05, 3.63) is 40.4 Å². The fraction of sp³-hybridized carbons (Fsp3) is 0.308. The molecule has 0 aliphatic carbocycles. The number of nitrogens with two attached hydrogens (primary N) is 1. The first-order valence-electron chi connectivity index (χ1n) is 5.99. The van der Waals surface area contributed by atoms with E-state index in [1.807, 2.05) is 25.2 Å². The minimum atomic E-state index is 0.603. The first-order valence-corrected chi connectivity index (χ1v) is 6.81. The number of hydrogen-bond acceptors (Lipinski definition) is 6. The standard InChI is InChI=1S/C13H18N4OS/c1-15-16-8-11-12(19-13(14)17-11)7-9-4-3-5-10(6-9)18-2/h3-6,15-16H,7-8H2,1-2H3,(H2,14,17).